The number of hydrogen-bond acceptors (Lipinski definition) is 5. The van der Waals surface area contributed by atoms with Crippen molar-refractivity contribution in [3.63, 3.8) is 0 Å². The van der Waals surface area contributed by atoms with E-state index in [4.69, 9.17) is 0 Å². The highest BCUT2D eigenvalue weighted by Gasteiger charge is 2.09. The molecule has 0 fully saturated rings. The van der Waals surface area contributed by atoms with Gasteiger partial charge in [0.2, 0.25) is 0 Å². The summed E-state index contributed by atoms with van der Waals surface area (Å²) in [5.74, 6) is 0.857. The molecule has 0 amide bonds. The second-order valence-electron chi connectivity index (χ2n) is 4.47. The third-order valence-electron chi connectivity index (χ3n) is 3.03. The zero-order valence-electron chi connectivity index (χ0n) is 10.9. The Morgan fingerprint density at radius 1 is 1.14 bits per heavy atom. The van der Waals surface area contributed by atoms with E-state index in [0.29, 0.717) is 6.54 Å². The number of nitrogens with zero attached hydrogens (tertiary/aromatic N) is 5. The molecule has 0 aliphatic carbocycles. The Morgan fingerprint density at radius 3 is 2.90 bits per heavy atom. The summed E-state index contributed by atoms with van der Waals surface area (Å²) < 4.78 is 1.77. The van der Waals surface area contributed by atoms with Crippen LogP contribution in [-0.4, -0.2) is 35.2 Å². The van der Waals surface area contributed by atoms with Crippen LogP contribution in [0.2, 0.25) is 0 Å². The fourth-order valence-corrected chi connectivity index (χ4v) is 2.97. The normalized spacial score (nSPS) is 11.0. The second kappa shape index (κ2) is 4.98. The number of H-pyrrole nitrogens is 2. The Balaban J connectivity index is 1.58. The van der Waals surface area contributed by atoms with Crippen molar-refractivity contribution in [2.75, 3.05) is 0 Å². The van der Waals surface area contributed by atoms with Crippen LogP contribution in [-0.2, 0) is 6.54 Å². The van der Waals surface area contributed by atoms with Gasteiger partial charge < -0.3 is 4.98 Å². The van der Waals surface area contributed by atoms with Crippen LogP contribution in [0.25, 0.3) is 21.1 Å². The predicted octanol–water partition coefficient (Wildman–Crippen LogP) is 2.17. The Bertz CT molecular complexity index is 826. The van der Waals surface area contributed by atoms with Crippen molar-refractivity contribution < 1.29 is 0 Å². The molecular weight excluding hydrogens is 286 g/mol. The van der Waals surface area contributed by atoms with Crippen molar-refractivity contribution in [2.24, 2.45) is 0 Å². The van der Waals surface area contributed by atoms with Gasteiger partial charge >= 0.3 is 0 Å². The molecule has 0 aromatic carbocycles. The van der Waals surface area contributed by atoms with Gasteiger partial charge in [-0.25, -0.2) is 9.67 Å². The van der Waals surface area contributed by atoms with Crippen LogP contribution in [0.3, 0.4) is 0 Å². The van der Waals surface area contributed by atoms with E-state index in [2.05, 4.69) is 36.5 Å². The number of rotatable bonds is 4. The molecule has 8 heteroatoms. The summed E-state index contributed by atoms with van der Waals surface area (Å²) in [7, 11) is 0. The lowest BCUT2D eigenvalue weighted by Crippen LogP contribution is -2.01. The first kappa shape index (κ1) is 12.0. The largest absolute Gasteiger partial charge is 0.347 e. The number of hydrogen-bond donors (Lipinski definition) is 2. The van der Waals surface area contributed by atoms with Gasteiger partial charge in [0.25, 0.3) is 0 Å². The van der Waals surface area contributed by atoms with Crippen molar-refractivity contribution in [1.82, 2.24) is 35.2 Å². The van der Waals surface area contributed by atoms with Crippen LogP contribution >= 0.6 is 11.3 Å². The lowest BCUT2D eigenvalue weighted by Gasteiger charge is -1.94. The number of imidazole rings is 1. The first-order chi connectivity index (χ1) is 10.4. The summed E-state index contributed by atoms with van der Waals surface area (Å²) in [6, 6.07) is 6.05. The molecule has 0 aliphatic rings. The van der Waals surface area contributed by atoms with E-state index in [1.54, 1.807) is 34.6 Å². The Labute approximate surface area is 123 Å². The quantitative estimate of drug-likeness (QED) is 0.604. The van der Waals surface area contributed by atoms with Crippen molar-refractivity contribution in [3.05, 3.63) is 48.8 Å². The molecule has 0 bridgehead atoms. The summed E-state index contributed by atoms with van der Waals surface area (Å²) in [6.07, 6.45) is 7.19. The lowest BCUT2D eigenvalue weighted by atomic mass is 10.3. The molecular formula is C13H11N7S. The maximum atomic E-state index is 4.22. The maximum absolute atomic E-state index is 4.22. The van der Waals surface area contributed by atoms with Crippen molar-refractivity contribution >= 4 is 11.3 Å². The van der Waals surface area contributed by atoms with Gasteiger partial charge in [-0.2, -0.15) is 5.10 Å². The smallest absolute Gasteiger partial charge is 0.127 e. The SMILES string of the molecule is c1cc(-c2ccc(-c3cn(Cc4ncc[nH]4)nn3)s2)[nH]n1. The van der Waals surface area contributed by atoms with Crippen molar-refractivity contribution in [3.8, 4) is 21.1 Å². The third-order valence-corrected chi connectivity index (χ3v) is 4.17. The summed E-state index contributed by atoms with van der Waals surface area (Å²) in [4.78, 5) is 9.43. The molecule has 0 radical (unpaired) electrons. The highest BCUT2D eigenvalue weighted by molar-refractivity contribution is 7.18. The van der Waals surface area contributed by atoms with Gasteiger partial charge in [-0.3, -0.25) is 5.10 Å². The monoisotopic (exact) mass is 297 g/mol. The van der Waals surface area contributed by atoms with Gasteiger partial charge in [0.1, 0.15) is 18.1 Å². The lowest BCUT2D eigenvalue weighted by molar-refractivity contribution is 0.629. The van der Waals surface area contributed by atoms with Crippen LogP contribution in [0.15, 0.2) is 43.0 Å². The van der Waals surface area contributed by atoms with Gasteiger partial charge in [-0.15, -0.1) is 16.4 Å². The summed E-state index contributed by atoms with van der Waals surface area (Å²) in [5.41, 5.74) is 1.87. The summed E-state index contributed by atoms with van der Waals surface area (Å²) >= 11 is 1.65. The molecule has 4 heterocycles. The molecule has 21 heavy (non-hydrogen) atoms. The van der Waals surface area contributed by atoms with Crippen LogP contribution in [0, 0.1) is 0 Å². The topological polar surface area (TPSA) is 88.1 Å². The van der Waals surface area contributed by atoms with E-state index < -0.39 is 0 Å². The molecule has 4 aromatic rings. The van der Waals surface area contributed by atoms with E-state index in [1.807, 2.05) is 18.3 Å². The Hall–Kier alpha value is -2.74. The third kappa shape index (κ3) is 2.36. The van der Waals surface area contributed by atoms with Gasteiger partial charge in [-0.1, -0.05) is 5.21 Å². The molecule has 4 rings (SSSR count). The van der Waals surface area contributed by atoms with E-state index in [1.165, 1.54) is 0 Å². The predicted molar refractivity (Wildman–Crippen MR) is 78.6 cm³/mol. The van der Waals surface area contributed by atoms with Crippen LogP contribution in [0.5, 0.6) is 0 Å². The van der Waals surface area contributed by atoms with E-state index in [-0.39, 0.29) is 0 Å². The van der Waals surface area contributed by atoms with E-state index in [0.717, 1.165) is 27.0 Å². The molecule has 104 valence electrons. The summed E-state index contributed by atoms with van der Waals surface area (Å²) in [6.45, 7) is 0.582. The maximum Gasteiger partial charge on any atom is 0.127 e. The minimum atomic E-state index is 0.582. The molecule has 0 saturated carbocycles. The van der Waals surface area contributed by atoms with Gasteiger partial charge in [0.15, 0.2) is 0 Å². The molecule has 0 saturated heterocycles. The highest BCUT2D eigenvalue weighted by atomic mass is 32.1. The minimum absolute atomic E-state index is 0.582. The number of nitrogens with one attached hydrogen (secondary N) is 2. The van der Waals surface area contributed by atoms with Gasteiger partial charge in [-0.05, 0) is 18.2 Å². The molecule has 0 unspecified atom stereocenters. The summed E-state index contributed by atoms with van der Waals surface area (Å²) in [5, 5.41) is 15.3. The molecule has 2 N–H and O–H groups in total. The fourth-order valence-electron chi connectivity index (χ4n) is 2.04. The highest BCUT2D eigenvalue weighted by Crippen LogP contribution is 2.32. The molecule has 0 spiro atoms. The standard InChI is InChI=1S/C13H11N7S/c1-2-12(21-11(1)9-3-4-16-17-9)10-7-20(19-18-10)8-13-14-5-6-15-13/h1-7H,8H2,(H,14,15)(H,16,17). The van der Waals surface area contributed by atoms with Crippen LogP contribution in [0.4, 0.5) is 0 Å². The zero-order valence-corrected chi connectivity index (χ0v) is 11.7. The molecule has 0 aliphatic heterocycles. The van der Waals surface area contributed by atoms with Crippen molar-refractivity contribution in [1.29, 1.82) is 0 Å². The number of aromatic amines is 2. The van der Waals surface area contributed by atoms with Crippen LogP contribution in [0.1, 0.15) is 5.82 Å². The number of aromatic nitrogens is 7. The van der Waals surface area contributed by atoms with E-state index in [9.17, 15) is 0 Å². The first-order valence-corrected chi connectivity index (χ1v) is 7.18. The Kier molecular flexibility index (Phi) is 2.86. The minimum Gasteiger partial charge on any atom is -0.347 e. The zero-order chi connectivity index (χ0) is 14.1. The average Bonchev–Trinajstić information content (AvgIpc) is 3.28. The molecule has 7 nitrogen and oxygen atoms in total. The first-order valence-electron chi connectivity index (χ1n) is 6.37. The second-order valence-corrected chi connectivity index (χ2v) is 5.56. The molecule has 0 atom stereocenters. The molecule has 4 aromatic heterocycles. The van der Waals surface area contributed by atoms with Crippen LogP contribution < -0.4 is 0 Å². The van der Waals surface area contributed by atoms with E-state index >= 15 is 0 Å². The average molecular weight is 297 g/mol. The Morgan fingerprint density at radius 2 is 2.10 bits per heavy atom. The van der Waals surface area contributed by atoms with Crippen molar-refractivity contribution in [2.45, 2.75) is 6.54 Å². The van der Waals surface area contributed by atoms with Gasteiger partial charge in [0, 0.05) is 18.6 Å². The van der Waals surface area contributed by atoms with Gasteiger partial charge in [0.05, 0.1) is 21.6 Å². The number of thiophene rings is 1. The fraction of sp³-hybridized carbons (Fsp3) is 0.0769.